The molecule has 2 nitrogen and oxygen atoms in total. The molecule has 0 saturated carbocycles. The van der Waals surface area contributed by atoms with Crippen molar-refractivity contribution in [2.24, 2.45) is 0 Å². The normalized spacial score (nSPS) is 19.5. The summed E-state index contributed by atoms with van der Waals surface area (Å²) in [4.78, 5) is 0.593. The summed E-state index contributed by atoms with van der Waals surface area (Å²) in [5, 5.41) is 7.20. The highest BCUT2D eigenvalue weighted by molar-refractivity contribution is 8.29. The molecule has 1 aromatic carbocycles. The second kappa shape index (κ2) is 2.62. The largest absolute Gasteiger partial charge is 0.824 e. The molecule has 0 amide bonds. The van der Waals surface area contributed by atoms with Gasteiger partial charge in [-0.1, -0.05) is 36.6 Å². The molecule has 0 radical (unpaired) electrons. The monoisotopic (exact) mass is 155 g/mol. The lowest BCUT2D eigenvalue weighted by Gasteiger charge is -2.50. The Hall–Kier alpha value is -0.510. The lowest BCUT2D eigenvalue weighted by molar-refractivity contribution is 0.597. The first-order chi connectivity index (χ1) is 4.61. The third-order valence-corrected chi connectivity index (χ3v) is 2.36. The van der Waals surface area contributed by atoms with Crippen molar-refractivity contribution < 1.29 is 4.55 Å². The molecule has 0 aliphatic rings. The number of nitrogens with one attached hydrogen (secondary N) is 1. The van der Waals surface area contributed by atoms with Crippen LogP contribution in [0.3, 0.4) is 0 Å². The van der Waals surface area contributed by atoms with Gasteiger partial charge in [-0.25, -0.2) is 0 Å². The average molecular weight is 155 g/mol. The molecule has 56 valence electrons. The van der Waals surface area contributed by atoms with Crippen LogP contribution in [0.25, 0.3) is 5.14 Å². The van der Waals surface area contributed by atoms with Crippen LogP contribution in [0.1, 0.15) is 0 Å². The number of hydrogen-bond donors (Lipinski definition) is 0. The maximum absolute atomic E-state index is 11.1. The van der Waals surface area contributed by atoms with E-state index in [1.807, 2.05) is 6.07 Å². The molecule has 1 N–H and O–H groups in total. The highest BCUT2D eigenvalue weighted by Crippen LogP contribution is 2.47. The van der Waals surface area contributed by atoms with E-state index in [1.165, 1.54) is 6.26 Å². The Morgan fingerprint density at radius 3 is 2.10 bits per heavy atom. The molecule has 0 heterocycles. The topological polar surface area (TPSA) is 46.9 Å². The van der Waals surface area contributed by atoms with Gasteiger partial charge >= 0.3 is 0 Å². The fourth-order valence-corrected chi connectivity index (χ4v) is 1.36. The fourth-order valence-electron chi connectivity index (χ4n) is 0.680. The van der Waals surface area contributed by atoms with Gasteiger partial charge in [0.15, 0.2) is 0 Å². The Bertz CT molecular complexity index is 205. The van der Waals surface area contributed by atoms with E-state index in [0.29, 0.717) is 4.90 Å². The molecule has 0 aliphatic carbocycles. The minimum absolute atomic E-state index is 0.593. The van der Waals surface area contributed by atoms with Gasteiger partial charge in [0.25, 0.3) is 0 Å². The molecule has 0 spiro atoms. The first-order valence-corrected chi connectivity index (χ1v) is 4.86. The second-order valence-corrected chi connectivity index (χ2v) is 4.32. The van der Waals surface area contributed by atoms with E-state index in [1.54, 1.807) is 24.3 Å². The molecule has 0 saturated heterocycles. The Kier molecular flexibility index (Phi) is 1.99. The van der Waals surface area contributed by atoms with Gasteiger partial charge in [0, 0.05) is 0 Å². The second-order valence-electron chi connectivity index (χ2n) is 2.16. The van der Waals surface area contributed by atoms with Crippen LogP contribution in [0.4, 0.5) is 0 Å². The van der Waals surface area contributed by atoms with E-state index in [4.69, 9.17) is 5.14 Å². The number of benzene rings is 1. The Labute approximate surface area is 62.3 Å². The predicted molar refractivity (Wildman–Crippen MR) is 43.3 cm³/mol. The summed E-state index contributed by atoms with van der Waals surface area (Å²) >= 11 is 0. The molecule has 1 atom stereocenters. The van der Waals surface area contributed by atoms with E-state index in [0.717, 1.165) is 0 Å². The van der Waals surface area contributed by atoms with Crippen molar-refractivity contribution in [3.05, 3.63) is 35.5 Å². The van der Waals surface area contributed by atoms with E-state index in [9.17, 15) is 4.55 Å². The Morgan fingerprint density at radius 1 is 1.30 bits per heavy atom. The Balaban J connectivity index is 2.97. The maximum Gasteiger partial charge on any atom is -0.0404 e. The molecule has 0 bridgehead atoms. The van der Waals surface area contributed by atoms with Gasteiger partial charge in [-0.05, 0) is 4.90 Å². The quantitative estimate of drug-likeness (QED) is 0.614. The van der Waals surface area contributed by atoms with E-state index >= 15 is 0 Å². The number of hydrogen-bond acceptors (Lipinski definition) is 1. The molecular formula is C7H9NOS-2. The molecule has 0 aliphatic heterocycles. The smallest absolute Gasteiger partial charge is 0.0404 e. The fraction of sp³-hybridized carbons (Fsp3) is 0.143. The molecule has 3 heteroatoms. The summed E-state index contributed by atoms with van der Waals surface area (Å²) in [5.41, 5.74) is 0. The van der Waals surface area contributed by atoms with E-state index < -0.39 is 10.5 Å². The van der Waals surface area contributed by atoms with Crippen molar-refractivity contribution in [3.63, 3.8) is 0 Å². The van der Waals surface area contributed by atoms with Gasteiger partial charge in [-0.2, -0.15) is 0 Å². The van der Waals surface area contributed by atoms with Gasteiger partial charge in [0.1, 0.15) is 0 Å². The molecule has 0 aromatic heterocycles. The summed E-state index contributed by atoms with van der Waals surface area (Å²) in [7, 11) is -2.50. The van der Waals surface area contributed by atoms with Crippen molar-refractivity contribution >= 4 is 10.5 Å². The standard InChI is InChI=1S/C7H10NOS/c1-10(8,9)7-5-3-2-4-6-7/h2-6,8-9H,1H3/q-1/p-1. The van der Waals surface area contributed by atoms with Gasteiger partial charge in [-0.15, -0.1) is 0 Å². The van der Waals surface area contributed by atoms with Crippen molar-refractivity contribution in [2.45, 2.75) is 4.90 Å². The number of rotatable bonds is 1. The minimum Gasteiger partial charge on any atom is -0.824 e. The van der Waals surface area contributed by atoms with Crippen LogP contribution in [-0.2, 0) is 0 Å². The maximum atomic E-state index is 11.1. The van der Waals surface area contributed by atoms with Gasteiger partial charge in [0.2, 0.25) is 0 Å². The lowest BCUT2D eigenvalue weighted by Crippen LogP contribution is -1.88. The van der Waals surface area contributed by atoms with E-state index in [-0.39, 0.29) is 0 Å². The summed E-state index contributed by atoms with van der Waals surface area (Å²) in [6.45, 7) is 0. The predicted octanol–water partition coefficient (Wildman–Crippen LogP) is 2.58. The molecule has 1 rings (SSSR count). The van der Waals surface area contributed by atoms with Crippen LogP contribution in [-0.4, -0.2) is 10.8 Å². The van der Waals surface area contributed by atoms with Crippen LogP contribution < -0.4 is 0 Å². The molecule has 1 unspecified atom stereocenters. The first-order valence-electron chi connectivity index (χ1n) is 2.89. The van der Waals surface area contributed by atoms with Gasteiger partial charge in [0.05, 0.1) is 0 Å². The summed E-state index contributed by atoms with van der Waals surface area (Å²) in [6.07, 6.45) is 1.42. The molecule has 10 heavy (non-hydrogen) atoms. The first kappa shape index (κ1) is 7.60. The van der Waals surface area contributed by atoms with E-state index in [2.05, 4.69) is 0 Å². The lowest BCUT2D eigenvalue weighted by atomic mass is 10.4. The highest BCUT2D eigenvalue weighted by atomic mass is 32.3. The Morgan fingerprint density at radius 2 is 1.80 bits per heavy atom. The van der Waals surface area contributed by atoms with Crippen LogP contribution in [0.2, 0.25) is 0 Å². The highest BCUT2D eigenvalue weighted by Gasteiger charge is 1.89. The van der Waals surface area contributed by atoms with Crippen LogP contribution in [0.5, 0.6) is 0 Å². The molecule has 1 aromatic rings. The van der Waals surface area contributed by atoms with Gasteiger partial charge in [-0.3, -0.25) is 0 Å². The van der Waals surface area contributed by atoms with Crippen LogP contribution in [0.15, 0.2) is 35.2 Å². The zero-order valence-electron chi connectivity index (χ0n) is 5.70. The third-order valence-electron chi connectivity index (χ3n) is 1.19. The molecule has 0 fully saturated rings. The zero-order chi connectivity index (χ0) is 7.61. The summed E-state index contributed by atoms with van der Waals surface area (Å²) in [6, 6.07) is 8.82. The summed E-state index contributed by atoms with van der Waals surface area (Å²) < 4.78 is 11.1. The molecular weight excluding hydrogens is 146 g/mol. The van der Waals surface area contributed by atoms with Gasteiger partial charge < -0.3 is 20.2 Å². The van der Waals surface area contributed by atoms with Crippen molar-refractivity contribution in [1.29, 1.82) is 0 Å². The average Bonchev–Trinajstić information content (AvgIpc) is 1.88. The SMILES string of the molecule is CS([NH-])([O-])c1ccccc1. The van der Waals surface area contributed by atoms with Crippen molar-refractivity contribution in [2.75, 3.05) is 6.26 Å². The van der Waals surface area contributed by atoms with Crippen molar-refractivity contribution in [3.8, 4) is 0 Å². The summed E-state index contributed by atoms with van der Waals surface area (Å²) in [5.74, 6) is 0. The van der Waals surface area contributed by atoms with Crippen LogP contribution in [0, 0.1) is 0 Å². The minimum atomic E-state index is -2.50. The van der Waals surface area contributed by atoms with Crippen molar-refractivity contribution in [1.82, 2.24) is 0 Å². The zero-order valence-corrected chi connectivity index (χ0v) is 6.52. The third kappa shape index (κ3) is 1.73. The van der Waals surface area contributed by atoms with Crippen LogP contribution >= 0.6 is 10.5 Å².